The van der Waals surface area contributed by atoms with E-state index < -0.39 is 15.4 Å². The topological polar surface area (TPSA) is 77.4 Å². The fourth-order valence-corrected chi connectivity index (χ4v) is 4.12. The fourth-order valence-electron chi connectivity index (χ4n) is 3.66. The minimum absolute atomic E-state index is 0. The molecule has 0 saturated heterocycles. The van der Waals surface area contributed by atoms with Gasteiger partial charge in [-0.3, -0.25) is 0 Å². The first kappa shape index (κ1) is 32.1. The van der Waals surface area contributed by atoms with Gasteiger partial charge in [-0.25, -0.2) is 8.42 Å². The van der Waals surface area contributed by atoms with Gasteiger partial charge in [-0.1, -0.05) is 110 Å². The summed E-state index contributed by atoms with van der Waals surface area (Å²) in [7, 11) is -4.09. The molecule has 2 unspecified atom stereocenters. The first-order chi connectivity index (χ1) is 13.4. The summed E-state index contributed by atoms with van der Waals surface area (Å²) in [5, 5.41) is 9.07. The third-order valence-electron chi connectivity index (χ3n) is 5.78. The molecule has 0 aliphatic carbocycles. The third kappa shape index (κ3) is 23.4. The van der Waals surface area contributed by atoms with Gasteiger partial charge in [0.2, 0.25) is 0 Å². The number of hydrogen-bond donors (Lipinski definition) is 1. The van der Waals surface area contributed by atoms with Crippen molar-refractivity contribution in [1.82, 2.24) is 0 Å². The second kappa shape index (κ2) is 22.1. The van der Waals surface area contributed by atoms with Crippen LogP contribution in [0.1, 0.15) is 136 Å². The Balaban J connectivity index is 0. The van der Waals surface area contributed by atoms with Gasteiger partial charge in [0.25, 0.3) is 0 Å². The summed E-state index contributed by atoms with van der Waals surface area (Å²) in [4.78, 5) is 0. The molecule has 0 spiro atoms. The molecule has 1 N–H and O–H groups in total. The molecular formula is C23H47NaO4S. The van der Waals surface area contributed by atoms with Crippen molar-refractivity contribution in [3.05, 3.63) is 0 Å². The SMILES string of the molecule is CCCCC(O)CCCCCCCCCCCCCCCCC(C)S(=O)(=O)[O-].[Na+]. The summed E-state index contributed by atoms with van der Waals surface area (Å²) < 4.78 is 32.4. The van der Waals surface area contributed by atoms with Gasteiger partial charge < -0.3 is 9.66 Å². The van der Waals surface area contributed by atoms with Gasteiger partial charge in [0.1, 0.15) is 0 Å². The minimum Gasteiger partial charge on any atom is -0.748 e. The van der Waals surface area contributed by atoms with Crippen LogP contribution < -0.4 is 29.6 Å². The Morgan fingerprint density at radius 1 is 0.655 bits per heavy atom. The fraction of sp³-hybridized carbons (Fsp3) is 1.00. The molecule has 29 heavy (non-hydrogen) atoms. The zero-order chi connectivity index (χ0) is 21.1. The van der Waals surface area contributed by atoms with E-state index in [2.05, 4.69) is 6.92 Å². The molecule has 0 rings (SSSR count). The van der Waals surface area contributed by atoms with Crippen molar-refractivity contribution in [3.63, 3.8) is 0 Å². The van der Waals surface area contributed by atoms with Crippen LogP contribution in [-0.2, 0) is 10.1 Å². The van der Waals surface area contributed by atoms with E-state index in [1.54, 1.807) is 0 Å². The molecule has 0 fully saturated rings. The first-order valence-corrected chi connectivity index (χ1v) is 13.5. The van der Waals surface area contributed by atoms with Gasteiger partial charge in [0, 0.05) is 5.25 Å². The molecule has 0 aromatic heterocycles. The van der Waals surface area contributed by atoms with Gasteiger partial charge in [-0.15, -0.1) is 0 Å². The molecule has 0 amide bonds. The Bertz CT molecular complexity index is 429. The number of aliphatic hydroxyl groups is 1. The summed E-state index contributed by atoms with van der Waals surface area (Å²) in [6.45, 7) is 3.69. The summed E-state index contributed by atoms with van der Waals surface area (Å²) in [5.41, 5.74) is 0. The largest absolute Gasteiger partial charge is 1.00 e. The Morgan fingerprint density at radius 2 is 0.966 bits per heavy atom. The second-order valence-corrected chi connectivity index (χ2v) is 10.4. The van der Waals surface area contributed by atoms with E-state index in [1.165, 1.54) is 84.0 Å². The second-order valence-electron chi connectivity index (χ2n) is 8.63. The van der Waals surface area contributed by atoms with Gasteiger partial charge in [0.15, 0.2) is 0 Å². The minimum atomic E-state index is -4.09. The summed E-state index contributed by atoms with van der Waals surface area (Å²) >= 11 is 0. The maximum Gasteiger partial charge on any atom is 1.00 e. The van der Waals surface area contributed by atoms with Crippen molar-refractivity contribution in [2.45, 2.75) is 147 Å². The van der Waals surface area contributed by atoms with Crippen LogP contribution in [0, 0.1) is 0 Å². The van der Waals surface area contributed by atoms with E-state index in [1.807, 2.05) is 0 Å². The monoisotopic (exact) mass is 442 g/mol. The van der Waals surface area contributed by atoms with E-state index in [9.17, 15) is 18.1 Å². The number of hydrogen-bond acceptors (Lipinski definition) is 4. The molecule has 2 atom stereocenters. The summed E-state index contributed by atoms with van der Waals surface area (Å²) in [5.74, 6) is 0. The Morgan fingerprint density at radius 3 is 1.31 bits per heavy atom. The van der Waals surface area contributed by atoms with Gasteiger partial charge in [0.05, 0.1) is 16.2 Å². The number of unbranched alkanes of at least 4 members (excludes halogenated alkanes) is 14. The molecule has 0 aliphatic heterocycles. The van der Waals surface area contributed by atoms with E-state index in [0.29, 0.717) is 6.42 Å². The van der Waals surface area contributed by atoms with Crippen molar-refractivity contribution < 1.29 is 47.6 Å². The summed E-state index contributed by atoms with van der Waals surface area (Å²) in [6, 6.07) is 0. The van der Waals surface area contributed by atoms with Crippen LogP contribution in [0.25, 0.3) is 0 Å². The zero-order valence-corrected chi connectivity index (χ0v) is 22.5. The van der Waals surface area contributed by atoms with Gasteiger partial charge in [-0.2, -0.15) is 0 Å². The van der Waals surface area contributed by atoms with Crippen LogP contribution in [-0.4, -0.2) is 29.4 Å². The molecule has 6 heteroatoms. The molecule has 0 aliphatic rings. The number of rotatable bonds is 21. The van der Waals surface area contributed by atoms with Crippen molar-refractivity contribution in [1.29, 1.82) is 0 Å². The Hall–Kier alpha value is 0.870. The maximum absolute atomic E-state index is 10.8. The molecule has 0 aromatic carbocycles. The van der Waals surface area contributed by atoms with Crippen molar-refractivity contribution in [2.24, 2.45) is 0 Å². The zero-order valence-electron chi connectivity index (χ0n) is 19.7. The van der Waals surface area contributed by atoms with Crippen molar-refractivity contribution in [2.75, 3.05) is 0 Å². The average Bonchev–Trinajstić information content (AvgIpc) is 2.64. The van der Waals surface area contributed by atoms with Crippen LogP contribution in [0.4, 0.5) is 0 Å². The third-order valence-corrected chi connectivity index (χ3v) is 7.00. The molecule has 0 heterocycles. The van der Waals surface area contributed by atoms with Crippen LogP contribution >= 0.6 is 0 Å². The predicted octanol–water partition coefficient (Wildman–Crippen LogP) is 3.72. The van der Waals surface area contributed by atoms with Crippen LogP contribution in [0.2, 0.25) is 0 Å². The predicted molar refractivity (Wildman–Crippen MR) is 119 cm³/mol. The molecule has 0 bridgehead atoms. The molecule has 4 nitrogen and oxygen atoms in total. The Labute approximate surface area is 204 Å². The summed E-state index contributed by atoms with van der Waals surface area (Å²) in [6.07, 6.45) is 22.0. The average molecular weight is 443 g/mol. The molecular weight excluding hydrogens is 395 g/mol. The molecule has 0 aromatic rings. The first-order valence-electron chi connectivity index (χ1n) is 12.0. The van der Waals surface area contributed by atoms with Crippen LogP contribution in [0.15, 0.2) is 0 Å². The van der Waals surface area contributed by atoms with Gasteiger partial charge in [-0.05, 0) is 26.2 Å². The van der Waals surface area contributed by atoms with E-state index in [0.717, 1.165) is 38.5 Å². The van der Waals surface area contributed by atoms with Crippen molar-refractivity contribution in [3.8, 4) is 0 Å². The normalized spacial score (nSPS) is 13.8. The van der Waals surface area contributed by atoms with Crippen molar-refractivity contribution >= 4 is 10.1 Å². The molecule has 170 valence electrons. The van der Waals surface area contributed by atoms with Crippen LogP contribution in [0.3, 0.4) is 0 Å². The van der Waals surface area contributed by atoms with Crippen LogP contribution in [0.5, 0.6) is 0 Å². The smallest absolute Gasteiger partial charge is 0.748 e. The quantitative estimate of drug-likeness (QED) is 0.167. The number of aliphatic hydroxyl groups excluding tert-OH is 1. The molecule has 0 saturated carbocycles. The van der Waals surface area contributed by atoms with E-state index in [-0.39, 0.29) is 35.7 Å². The maximum atomic E-state index is 10.8. The van der Waals surface area contributed by atoms with E-state index >= 15 is 0 Å². The standard InChI is InChI=1S/C23H48O4S.Na/c1-3-4-20-23(24)21-18-16-14-12-10-8-6-5-7-9-11-13-15-17-19-22(2)28(25,26)27;/h22-24H,3-21H2,1-2H3,(H,25,26,27);/q;+1/p-1. The van der Waals surface area contributed by atoms with Gasteiger partial charge >= 0.3 is 29.6 Å². The Kier molecular flexibility index (Phi) is 24.4. The molecule has 0 radical (unpaired) electrons. The van der Waals surface area contributed by atoms with E-state index in [4.69, 9.17) is 0 Å².